The Kier molecular flexibility index (Phi) is 4.98. The van der Waals surface area contributed by atoms with E-state index in [2.05, 4.69) is 18.1 Å². The van der Waals surface area contributed by atoms with Crippen LogP contribution >= 0.6 is 23.4 Å². The van der Waals surface area contributed by atoms with Gasteiger partial charge < -0.3 is 4.74 Å². The van der Waals surface area contributed by atoms with E-state index in [1.807, 2.05) is 41.3 Å². The van der Waals surface area contributed by atoms with Crippen molar-refractivity contribution in [3.05, 3.63) is 71.2 Å². The summed E-state index contributed by atoms with van der Waals surface area (Å²) >= 11 is 7.61. The predicted molar refractivity (Wildman–Crippen MR) is 112 cm³/mol. The number of hydrogen-bond donors (Lipinski definition) is 0. The lowest BCUT2D eigenvalue weighted by Gasteiger charge is -2.27. The van der Waals surface area contributed by atoms with E-state index in [4.69, 9.17) is 22.8 Å². The first kappa shape index (κ1) is 17.8. The Morgan fingerprint density at radius 2 is 1.93 bits per heavy atom. The molecule has 3 nitrogen and oxygen atoms in total. The molecule has 5 heteroatoms. The van der Waals surface area contributed by atoms with Gasteiger partial charge in [-0.25, -0.2) is 0 Å². The normalized spacial score (nSPS) is 16.5. The number of benzene rings is 3. The summed E-state index contributed by atoms with van der Waals surface area (Å²) < 4.78 is 5.84. The highest BCUT2D eigenvalue weighted by Crippen LogP contribution is 2.47. The number of thioether (sulfide) groups is 1. The average molecular weight is 394 g/mol. The highest BCUT2D eigenvalue weighted by Gasteiger charge is 2.36. The van der Waals surface area contributed by atoms with Gasteiger partial charge in [-0.3, -0.25) is 9.69 Å². The molecule has 0 aliphatic carbocycles. The van der Waals surface area contributed by atoms with Crippen LogP contribution in [0.1, 0.15) is 10.9 Å². The molecule has 1 atom stereocenters. The van der Waals surface area contributed by atoms with Crippen molar-refractivity contribution in [3.8, 4) is 18.1 Å². The number of ether oxygens (including phenoxy) is 1. The van der Waals surface area contributed by atoms with Gasteiger partial charge in [-0.05, 0) is 41.1 Å². The molecule has 1 aliphatic heterocycles. The van der Waals surface area contributed by atoms with Crippen molar-refractivity contribution in [2.75, 3.05) is 17.3 Å². The molecule has 1 amide bonds. The number of carbonyl (C=O) groups is 1. The van der Waals surface area contributed by atoms with Gasteiger partial charge in [0.15, 0.2) is 0 Å². The number of carbonyl (C=O) groups excluding carboxylic acids is 1. The van der Waals surface area contributed by atoms with E-state index in [0.29, 0.717) is 16.5 Å². The number of anilines is 1. The second-order valence-electron chi connectivity index (χ2n) is 6.09. The summed E-state index contributed by atoms with van der Waals surface area (Å²) in [6, 6.07) is 19.4. The standard InChI is InChI=1S/C22H16ClNO2S/c1-2-13-26-19-12-7-15-5-3-4-6-18(15)21(19)22-24(20(25)14-27-22)17-10-8-16(23)9-11-17/h1,3-12,22H,13-14H2/t22-/m0/s1. The lowest BCUT2D eigenvalue weighted by molar-refractivity contribution is -0.115. The SMILES string of the molecule is C#CCOc1ccc2ccccc2c1[C@@H]1SCC(=O)N1c1ccc(Cl)cc1. The fraction of sp³-hybridized carbons (Fsp3) is 0.136. The maximum atomic E-state index is 12.7. The Hall–Kier alpha value is -2.61. The summed E-state index contributed by atoms with van der Waals surface area (Å²) in [5.74, 6) is 3.69. The molecule has 134 valence electrons. The summed E-state index contributed by atoms with van der Waals surface area (Å²) in [7, 11) is 0. The molecule has 0 radical (unpaired) electrons. The van der Waals surface area contributed by atoms with Gasteiger partial charge in [-0.2, -0.15) is 0 Å². The Morgan fingerprint density at radius 1 is 1.15 bits per heavy atom. The zero-order chi connectivity index (χ0) is 18.8. The fourth-order valence-corrected chi connectivity index (χ4v) is 4.66. The van der Waals surface area contributed by atoms with Gasteiger partial charge in [0.25, 0.3) is 0 Å². The van der Waals surface area contributed by atoms with Crippen molar-refractivity contribution in [2.24, 2.45) is 0 Å². The van der Waals surface area contributed by atoms with Gasteiger partial charge >= 0.3 is 0 Å². The summed E-state index contributed by atoms with van der Waals surface area (Å²) in [5, 5.41) is 2.59. The van der Waals surface area contributed by atoms with Crippen LogP contribution in [-0.4, -0.2) is 18.3 Å². The third-order valence-electron chi connectivity index (χ3n) is 4.46. The topological polar surface area (TPSA) is 29.5 Å². The molecule has 1 fully saturated rings. The molecular weight excluding hydrogens is 378 g/mol. The largest absolute Gasteiger partial charge is 0.481 e. The second kappa shape index (κ2) is 7.56. The lowest BCUT2D eigenvalue weighted by atomic mass is 10.0. The summed E-state index contributed by atoms with van der Waals surface area (Å²) in [4.78, 5) is 14.5. The van der Waals surface area contributed by atoms with E-state index < -0.39 is 0 Å². The van der Waals surface area contributed by atoms with E-state index in [1.165, 1.54) is 0 Å². The summed E-state index contributed by atoms with van der Waals surface area (Å²) in [6.45, 7) is 0.178. The Morgan fingerprint density at radius 3 is 2.70 bits per heavy atom. The second-order valence-corrected chi connectivity index (χ2v) is 7.60. The zero-order valence-corrected chi connectivity index (χ0v) is 16.0. The minimum absolute atomic E-state index is 0.0585. The van der Waals surface area contributed by atoms with Gasteiger partial charge in [0, 0.05) is 16.3 Å². The maximum Gasteiger partial charge on any atom is 0.238 e. The molecule has 0 N–H and O–H groups in total. The van der Waals surface area contributed by atoms with Gasteiger partial charge in [0.2, 0.25) is 5.91 Å². The quantitative estimate of drug-likeness (QED) is 0.564. The van der Waals surface area contributed by atoms with Gasteiger partial charge in [0.05, 0.1) is 5.75 Å². The van der Waals surface area contributed by atoms with Crippen LogP contribution < -0.4 is 9.64 Å². The van der Waals surface area contributed by atoms with E-state index in [1.54, 1.807) is 23.9 Å². The van der Waals surface area contributed by atoms with Crippen molar-refractivity contribution < 1.29 is 9.53 Å². The van der Waals surface area contributed by atoms with Crippen molar-refractivity contribution in [1.82, 2.24) is 0 Å². The van der Waals surface area contributed by atoms with Crippen LogP contribution in [0.4, 0.5) is 5.69 Å². The Balaban J connectivity index is 1.87. The van der Waals surface area contributed by atoms with E-state index in [9.17, 15) is 4.79 Å². The molecule has 1 saturated heterocycles. The number of hydrogen-bond acceptors (Lipinski definition) is 3. The zero-order valence-electron chi connectivity index (χ0n) is 14.4. The third-order valence-corrected chi connectivity index (χ3v) is 5.89. The first-order chi connectivity index (χ1) is 13.2. The number of terminal acetylenes is 1. The molecule has 4 rings (SSSR count). The van der Waals surface area contributed by atoms with Crippen LogP contribution in [0.2, 0.25) is 5.02 Å². The highest BCUT2D eigenvalue weighted by molar-refractivity contribution is 8.00. The molecule has 0 bridgehead atoms. The van der Waals surface area contributed by atoms with Crippen molar-refractivity contribution in [2.45, 2.75) is 5.37 Å². The first-order valence-electron chi connectivity index (χ1n) is 8.46. The third kappa shape index (κ3) is 3.37. The minimum Gasteiger partial charge on any atom is -0.481 e. The Labute approximate surface area is 167 Å². The van der Waals surface area contributed by atoms with Crippen LogP contribution in [0.25, 0.3) is 10.8 Å². The van der Waals surface area contributed by atoms with E-state index in [0.717, 1.165) is 22.0 Å². The highest BCUT2D eigenvalue weighted by atomic mass is 35.5. The van der Waals surface area contributed by atoms with E-state index >= 15 is 0 Å². The number of halogens is 1. The number of nitrogens with zero attached hydrogens (tertiary/aromatic N) is 1. The molecule has 0 saturated carbocycles. The molecular formula is C22H16ClNO2S. The molecule has 0 unspecified atom stereocenters. The molecule has 1 heterocycles. The van der Waals surface area contributed by atoms with Crippen LogP contribution in [-0.2, 0) is 4.79 Å². The van der Waals surface area contributed by atoms with Crippen molar-refractivity contribution in [1.29, 1.82) is 0 Å². The predicted octanol–water partition coefficient (Wildman–Crippen LogP) is 5.28. The van der Waals surface area contributed by atoms with Crippen LogP contribution in [0, 0.1) is 12.3 Å². The van der Waals surface area contributed by atoms with Crippen LogP contribution in [0.5, 0.6) is 5.75 Å². The van der Waals surface area contributed by atoms with Gasteiger partial charge in [-0.1, -0.05) is 47.9 Å². The van der Waals surface area contributed by atoms with Gasteiger partial charge in [0.1, 0.15) is 17.7 Å². The average Bonchev–Trinajstić information content (AvgIpc) is 3.07. The molecule has 3 aromatic carbocycles. The molecule has 0 aromatic heterocycles. The van der Waals surface area contributed by atoms with E-state index in [-0.39, 0.29) is 17.9 Å². The number of fused-ring (bicyclic) bond motifs is 1. The molecule has 3 aromatic rings. The fourth-order valence-electron chi connectivity index (χ4n) is 3.29. The number of amides is 1. The minimum atomic E-state index is -0.197. The van der Waals surface area contributed by atoms with Crippen molar-refractivity contribution >= 4 is 45.7 Å². The Bertz CT molecular complexity index is 1040. The lowest BCUT2D eigenvalue weighted by Crippen LogP contribution is -2.28. The summed E-state index contributed by atoms with van der Waals surface area (Å²) in [6.07, 6.45) is 5.39. The molecule has 0 spiro atoms. The van der Waals surface area contributed by atoms with Gasteiger partial charge in [-0.15, -0.1) is 18.2 Å². The number of rotatable bonds is 4. The maximum absolute atomic E-state index is 12.7. The first-order valence-corrected chi connectivity index (χ1v) is 9.89. The molecule has 27 heavy (non-hydrogen) atoms. The monoisotopic (exact) mass is 393 g/mol. The van der Waals surface area contributed by atoms with Crippen molar-refractivity contribution in [3.63, 3.8) is 0 Å². The summed E-state index contributed by atoms with van der Waals surface area (Å²) in [5.41, 5.74) is 1.78. The van der Waals surface area contributed by atoms with Crippen LogP contribution in [0.15, 0.2) is 60.7 Å². The van der Waals surface area contributed by atoms with Crippen LogP contribution in [0.3, 0.4) is 0 Å². The molecule has 1 aliphatic rings. The smallest absolute Gasteiger partial charge is 0.238 e.